The average molecular weight is 818 g/mol. The third-order valence-electron chi connectivity index (χ3n) is 9.71. The van der Waals surface area contributed by atoms with Crippen molar-refractivity contribution in [1.82, 2.24) is 15.6 Å². The molecular weight excluding hydrogens is 770 g/mol. The van der Waals surface area contributed by atoms with Crippen molar-refractivity contribution in [1.29, 1.82) is 5.26 Å². The Kier molecular flexibility index (Phi) is 16.4. The van der Waals surface area contributed by atoms with Gasteiger partial charge in [-0.25, -0.2) is 0 Å². The smallest absolute Gasteiger partial charge is 0.303 e. The third-order valence-corrected chi connectivity index (χ3v) is 10.0. The maximum Gasteiger partial charge on any atom is 0.303 e. The van der Waals surface area contributed by atoms with Crippen LogP contribution in [0.4, 0.5) is 0 Å². The highest BCUT2D eigenvalue weighted by molar-refractivity contribution is 6.32. The highest BCUT2D eigenvalue weighted by atomic mass is 35.5. The van der Waals surface area contributed by atoms with Crippen molar-refractivity contribution in [3.05, 3.63) is 129 Å². The van der Waals surface area contributed by atoms with Crippen LogP contribution in [0.2, 0.25) is 5.02 Å². The van der Waals surface area contributed by atoms with Gasteiger partial charge in [0, 0.05) is 55.5 Å². The van der Waals surface area contributed by atoms with Crippen LogP contribution in [0.25, 0.3) is 22.3 Å². The summed E-state index contributed by atoms with van der Waals surface area (Å²) in [5, 5.41) is 25.2. The van der Waals surface area contributed by atoms with Gasteiger partial charge in [0.2, 0.25) is 0 Å². The molecule has 0 saturated carbocycles. The number of hydrogen-bond donors (Lipinski definition) is 4. The van der Waals surface area contributed by atoms with Crippen molar-refractivity contribution in [3.8, 4) is 45.6 Å². The first kappa shape index (κ1) is 43.9. The molecular formula is C46H48ClN5O7. The summed E-state index contributed by atoms with van der Waals surface area (Å²) in [6.45, 7) is 6.95. The van der Waals surface area contributed by atoms with Gasteiger partial charge in [-0.3, -0.25) is 14.6 Å². The number of nitrogens with two attached hydrogens (primary N) is 1. The van der Waals surface area contributed by atoms with E-state index in [0.29, 0.717) is 79.0 Å². The highest BCUT2D eigenvalue weighted by Crippen LogP contribution is 2.37. The molecule has 0 radical (unpaired) electrons. The molecule has 0 aliphatic heterocycles. The topological polar surface area (TPSA) is 186 Å². The first-order chi connectivity index (χ1) is 28.6. The van der Waals surface area contributed by atoms with Crippen molar-refractivity contribution in [2.45, 2.75) is 59.3 Å². The number of nitriles is 1. The number of rotatable bonds is 23. The molecule has 0 fully saturated rings. The van der Waals surface area contributed by atoms with Gasteiger partial charge in [-0.1, -0.05) is 54.1 Å². The van der Waals surface area contributed by atoms with Gasteiger partial charge in [-0.15, -0.1) is 0 Å². The molecule has 0 aliphatic rings. The number of aromatic nitrogens is 1. The summed E-state index contributed by atoms with van der Waals surface area (Å²) in [6, 6.07) is 24.9. The summed E-state index contributed by atoms with van der Waals surface area (Å²) in [7, 11) is 0. The number of carbonyl (C=O) groups is 3. The summed E-state index contributed by atoms with van der Waals surface area (Å²) in [5.74, 6) is -0.0792. The van der Waals surface area contributed by atoms with E-state index in [0.717, 1.165) is 62.8 Å². The van der Waals surface area contributed by atoms with Crippen LogP contribution < -0.4 is 30.6 Å². The molecule has 5 N–H and O–H groups in total. The lowest BCUT2D eigenvalue weighted by Gasteiger charge is -2.18. The second-order valence-corrected chi connectivity index (χ2v) is 14.3. The lowest BCUT2D eigenvalue weighted by atomic mass is 9.89. The van der Waals surface area contributed by atoms with E-state index in [2.05, 4.69) is 40.7 Å². The van der Waals surface area contributed by atoms with Crippen LogP contribution >= 0.6 is 11.6 Å². The summed E-state index contributed by atoms with van der Waals surface area (Å²) in [4.78, 5) is 38.1. The molecule has 0 aliphatic carbocycles. The van der Waals surface area contributed by atoms with E-state index < -0.39 is 11.9 Å². The molecule has 0 spiro atoms. The SMILES string of the molecule is Cc1c(COc2cc(OCc3cncc(C#N)c3)c(CNCCCC(=O)O)cc2Cl)cccc1-c1cccc(-c2ccc(OCCNCCCC=O)c(C(N)=O)c2)c1C. The molecule has 0 saturated heterocycles. The standard InChI is InChI=1S/C46H48ClN5O7/c1-30-35(29-59-44-23-43(58-28-33-20-32(24-48)25-52-26-33)36(22-41(44)47)27-51-16-7-12-45(54)55)8-5-10-38(30)39-11-6-9-37(31(39)2)34-13-14-42(40(21-34)46(49)56)57-19-17-50-15-3-4-18-53/h5-6,8-11,13-14,18,20-23,25-26,50-51H,3-4,7,12,15-17,19,27-29H2,1-2H3,(H2,49,56)(H,54,55). The van der Waals surface area contributed by atoms with Crippen LogP contribution in [0.1, 0.15) is 69.4 Å². The minimum atomic E-state index is -0.851. The summed E-state index contributed by atoms with van der Waals surface area (Å²) in [6.07, 6.45) is 5.81. The third kappa shape index (κ3) is 12.4. The number of nitrogens with one attached hydrogen (secondary N) is 2. The Morgan fingerprint density at radius 2 is 1.58 bits per heavy atom. The highest BCUT2D eigenvalue weighted by Gasteiger charge is 2.17. The normalized spacial score (nSPS) is 10.8. The molecule has 59 heavy (non-hydrogen) atoms. The van der Waals surface area contributed by atoms with Crippen LogP contribution in [-0.2, 0) is 29.3 Å². The number of carboxylic acid groups (broad SMARTS) is 1. The monoisotopic (exact) mass is 817 g/mol. The Morgan fingerprint density at radius 3 is 2.34 bits per heavy atom. The van der Waals surface area contributed by atoms with Crippen molar-refractivity contribution in [2.24, 2.45) is 5.73 Å². The Labute approximate surface area is 349 Å². The molecule has 4 aromatic carbocycles. The van der Waals surface area contributed by atoms with E-state index in [4.69, 9.17) is 36.7 Å². The second kappa shape index (κ2) is 22.0. The fraction of sp³-hybridized carbons (Fsp3) is 0.283. The molecule has 306 valence electrons. The first-order valence-corrected chi connectivity index (χ1v) is 19.7. The van der Waals surface area contributed by atoms with Gasteiger partial charge >= 0.3 is 5.97 Å². The zero-order chi connectivity index (χ0) is 42.1. The molecule has 1 heterocycles. The largest absolute Gasteiger partial charge is 0.491 e. The summed E-state index contributed by atoms with van der Waals surface area (Å²) >= 11 is 6.78. The van der Waals surface area contributed by atoms with Crippen LogP contribution in [0.5, 0.6) is 17.2 Å². The van der Waals surface area contributed by atoms with Crippen LogP contribution in [-0.4, -0.2) is 54.5 Å². The Hall–Kier alpha value is -6.26. The van der Waals surface area contributed by atoms with Crippen LogP contribution in [0.15, 0.2) is 85.2 Å². The number of primary amides is 1. The molecule has 0 atom stereocenters. The number of nitrogens with zero attached hydrogens (tertiary/aromatic N) is 2. The fourth-order valence-corrected chi connectivity index (χ4v) is 6.79. The van der Waals surface area contributed by atoms with Crippen LogP contribution in [0.3, 0.4) is 0 Å². The number of benzene rings is 4. The number of amides is 1. The lowest BCUT2D eigenvalue weighted by molar-refractivity contribution is -0.137. The zero-order valence-corrected chi connectivity index (χ0v) is 33.9. The number of pyridine rings is 1. The number of aldehydes is 1. The minimum Gasteiger partial charge on any atom is -0.491 e. The average Bonchev–Trinajstić information content (AvgIpc) is 3.23. The number of unbranched alkanes of at least 4 members (excludes halogenated alkanes) is 1. The number of carbonyl (C=O) groups excluding carboxylic acids is 2. The maximum absolute atomic E-state index is 12.5. The van der Waals surface area contributed by atoms with Crippen molar-refractivity contribution in [2.75, 3.05) is 26.2 Å². The fourth-order valence-electron chi connectivity index (χ4n) is 6.55. The van der Waals surface area contributed by atoms with E-state index >= 15 is 0 Å². The van der Waals surface area contributed by atoms with Gasteiger partial charge in [0.1, 0.15) is 49.4 Å². The predicted octanol–water partition coefficient (Wildman–Crippen LogP) is 7.72. The predicted molar refractivity (Wildman–Crippen MR) is 227 cm³/mol. The number of ether oxygens (including phenoxy) is 3. The molecule has 5 aromatic rings. The Morgan fingerprint density at radius 1 is 0.831 bits per heavy atom. The van der Waals surface area contributed by atoms with Crippen molar-refractivity contribution >= 4 is 29.8 Å². The van der Waals surface area contributed by atoms with Gasteiger partial charge in [0.15, 0.2) is 0 Å². The van der Waals surface area contributed by atoms with E-state index in [1.54, 1.807) is 36.5 Å². The van der Waals surface area contributed by atoms with Gasteiger partial charge in [-0.05, 0) is 103 Å². The lowest BCUT2D eigenvalue weighted by Crippen LogP contribution is -2.23. The van der Waals surface area contributed by atoms with Gasteiger partial charge in [-0.2, -0.15) is 5.26 Å². The van der Waals surface area contributed by atoms with Gasteiger partial charge < -0.3 is 40.5 Å². The van der Waals surface area contributed by atoms with Gasteiger partial charge in [0.05, 0.1) is 16.1 Å². The van der Waals surface area contributed by atoms with Crippen LogP contribution in [0, 0.1) is 25.2 Å². The molecule has 0 unspecified atom stereocenters. The van der Waals surface area contributed by atoms with E-state index in [9.17, 15) is 19.6 Å². The Bertz CT molecular complexity index is 2310. The summed E-state index contributed by atoms with van der Waals surface area (Å²) < 4.78 is 18.5. The summed E-state index contributed by atoms with van der Waals surface area (Å²) in [5.41, 5.74) is 14.8. The van der Waals surface area contributed by atoms with Crippen molar-refractivity contribution in [3.63, 3.8) is 0 Å². The Balaban J connectivity index is 1.34. The molecule has 12 nitrogen and oxygen atoms in total. The van der Waals surface area contributed by atoms with E-state index in [1.807, 2.05) is 37.3 Å². The molecule has 0 bridgehead atoms. The van der Waals surface area contributed by atoms with Gasteiger partial charge in [0.25, 0.3) is 5.91 Å². The van der Waals surface area contributed by atoms with E-state index in [1.165, 1.54) is 6.20 Å². The number of aliphatic carboxylic acids is 1. The number of halogens is 1. The molecule has 1 aromatic heterocycles. The van der Waals surface area contributed by atoms with E-state index in [-0.39, 0.29) is 19.6 Å². The zero-order valence-electron chi connectivity index (χ0n) is 33.2. The maximum atomic E-state index is 12.5. The second-order valence-electron chi connectivity index (χ2n) is 13.9. The minimum absolute atomic E-state index is 0.0603. The number of carboxylic acids is 1. The quantitative estimate of drug-likeness (QED) is 0.0374. The molecule has 5 rings (SSSR count). The molecule has 1 amide bonds. The first-order valence-electron chi connectivity index (χ1n) is 19.3. The number of hydrogen-bond acceptors (Lipinski definition) is 10. The van der Waals surface area contributed by atoms with Crippen molar-refractivity contribution < 1.29 is 33.7 Å². The molecule has 13 heteroatoms.